The third-order valence-electron chi connectivity index (χ3n) is 4.26. The van der Waals surface area contributed by atoms with Crippen LogP contribution in [0.15, 0.2) is 60.8 Å². The molecule has 0 saturated carbocycles. The van der Waals surface area contributed by atoms with Crippen molar-refractivity contribution in [1.29, 1.82) is 0 Å². The normalized spacial score (nSPS) is 11.6. The van der Waals surface area contributed by atoms with Crippen LogP contribution >= 0.6 is 0 Å². The van der Waals surface area contributed by atoms with E-state index in [4.69, 9.17) is 0 Å². The van der Waals surface area contributed by atoms with Gasteiger partial charge < -0.3 is 4.57 Å². The van der Waals surface area contributed by atoms with Gasteiger partial charge in [-0.05, 0) is 30.2 Å². The van der Waals surface area contributed by atoms with Gasteiger partial charge in [-0.25, -0.2) is 22.5 Å². The molecule has 0 fully saturated rings. The Morgan fingerprint density at radius 3 is 2.44 bits per heavy atom. The second-order valence-electron chi connectivity index (χ2n) is 6.42. The average Bonchev–Trinajstić information content (AvgIpc) is 2.97. The van der Waals surface area contributed by atoms with Gasteiger partial charge in [-0.2, -0.15) is 0 Å². The van der Waals surface area contributed by atoms with E-state index < -0.39 is 10.0 Å². The molecule has 7 heteroatoms. The number of hydrogen-bond acceptors (Lipinski definition) is 3. The maximum Gasteiger partial charge on any atom is 0.215 e. The summed E-state index contributed by atoms with van der Waals surface area (Å²) in [5.74, 6) is 0.477. The van der Waals surface area contributed by atoms with Crippen LogP contribution in [0.25, 0.3) is 0 Å². The van der Waals surface area contributed by atoms with Gasteiger partial charge in [-0.3, -0.25) is 0 Å². The van der Waals surface area contributed by atoms with Crippen molar-refractivity contribution < 1.29 is 12.8 Å². The van der Waals surface area contributed by atoms with E-state index in [1.807, 2.05) is 29.7 Å². The smallest absolute Gasteiger partial charge is 0.215 e. The Morgan fingerprint density at radius 1 is 1.04 bits per heavy atom. The van der Waals surface area contributed by atoms with Crippen molar-refractivity contribution in [2.24, 2.45) is 0 Å². The summed E-state index contributed by atoms with van der Waals surface area (Å²) >= 11 is 0. The summed E-state index contributed by atoms with van der Waals surface area (Å²) in [4.78, 5) is 4.39. The number of nitrogens with zero attached hydrogens (tertiary/aromatic N) is 2. The lowest BCUT2D eigenvalue weighted by Gasteiger charge is -2.11. The van der Waals surface area contributed by atoms with Gasteiger partial charge in [-0.1, -0.05) is 42.5 Å². The molecule has 0 bridgehead atoms. The van der Waals surface area contributed by atoms with Gasteiger partial charge in [0, 0.05) is 31.4 Å². The molecule has 0 radical (unpaired) electrons. The standard InChI is InChI=1S/C20H22FN3O2S/c1-16-13-22-20(24(16)14-17-7-9-19(21)10-8-17)11-12-23-27(25,26)15-18-5-3-2-4-6-18/h2-10,13,23H,11-12,14-15H2,1H3. The van der Waals surface area contributed by atoms with Crippen molar-refractivity contribution >= 4 is 10.0 Å². The van der Waals surface area contributed by atoms with E-state index in [1.165, 1.54) is 12.1 Å². The van der Waals surface area contributed by atoms with Crippen LogP contribution < -0.4 is 4.72 Å². The Morgan fingerprint density at radius 2 is 1.74 bits per heavy atom. The second-order valence-corrected chi connectivity index (χ2v) is 8.22. The Hall–Kier alpha value is -2.51. The minimum Gasteiger partial charge on any atom is -0.328 e. The van der Waals surface area contributed by atoms with Gasteiger partial charge in [0.15, 0.2) is 0 Å². The van der Waals surface area contributed by atoms with Crippen molar-refractivity contribution in [1.82, 2.24) is 14.3 Å². The predicted octanol–water partition coefficient (Wildman–Crippen LogP) is 3.04. The van der Waals surface area contributed by atoms with Crippen molar-refractivity contribution in [3.63, 3.8) is 0 Å². The molecule has 1 aromatic heterocycles. The van der Waals surface area contributed by atoms with E-state index >= 15 is 0 Å². The first-order valence-electron chi connectivity index (χ1n) is 8.70. The monoisotopic (exact) mass is 387 g/mol. The molecule has 27 heavy (non-hydrogen) atoms. The lowest BCUT2D eigenvalue weighted by atomic mass is 10.2. The molecule has 5 nitrogen and oxygen atoms in total. The molecule has 0 spiro atoms. The molecule has 3 aromatic rings. The van der Waals surface area contributed by atoms with Gasteiger partial charge in [0.25, 0.3) is 0 Å². The second kappa shape index (κ2) is 8.45. The van der Waals surface area contributed by atoms with Crippen molar-refractivity contribution in [2.75, 3.05) is 6.54 Å². The van der Waals surface area contributed by atoms with Crippen LogP contribution in [-0.2, 0) is 28.7 Å². The van der Waals surface area contributed by atoms with E-state index in [0.29, 0.717) is 13.0 Å². The Bertz CT molecular complexity index is 984. The first-order chi connectivity index (χ1) is 12.9. The maximum absolute atomic E-state index is 13.1. The molecule has 1 heterocycles. The Kier molecular flexibility index (Phi) is 6.03. The molecule has 0 aliphatic rings. The van der Waals surface area contributed by atoms with E-state index in [-0.39, 0.29) is 18.1 Å². The molecular weight excluding hydrogens is 365 g/mol. The third kappa shape index (κ3) is 5.48. The number of hydrogen-bond donors (Lipinski definition) is 1. The van der Waals surface area contributed by atoms with Gasteiger partial charge in [0.1, 0.15) is 11.6 Å². The van der Waals surface area contributed by atoms with Gasteiger partial charge >= 0.3 is 0 Å². The summed E-state index contributed by atoms with van der Waals surface area (Å²) in [6.07, 6.45) is 2.24. The average molecular weight is 387 g/mol. The van der Waals surface area contributed by atoms with Crippen LogP contribution in [0.4, 0.5) is 4.39 Å². The van der Waals surface area contributed by atoms with Crippen LogP contribution in [0.3, 0.4) is 0 Å². The van der Waals surface area contributed by atoms with Crippen molar-refractivity contribution in [2.45, 2.75) is 25.6 Å². The minimum absolute atomic E-state index is 0.0448. The highest BCUT2D eigenvalue weighted by molar-refractivity contribution is 7.88. The summed E-state index contributed by atoms with van der Waals surface area (Å²) in [6.45, 7) is 2.78. The molecule has 0 atom stereocenters. The zero-order valence-corrected chi connectivity index (χ0v) is 15.9. The van der Waals surface area contributed by atoms with E-state index in [0.717, 1.165) is 22.6 Å². The SMILES string of the molecule is Cc1cnc(CCNS(=O)(=O)Cc2ccccc2)n1Cc1ccc(F)cc1. The highest BCUT2D eigenvalue weighted by Crippen LogP contribution is 2.11. The number of sulfonamides is 1. The molecule has 0 aliphatic heterocycles. The summed E-state index contributed by atoms with van der Waals surface area (Å²) in [5, 5.41) is 0. The first kappa shape index (κ1) is 19.3. The molecule has 0 saturated heterocycles. The molecule has 0 amide bonds. The van der Waals surface area contributed by atoms with Crippen LogP contribution in [0, 0.1) is 12.7 Å². The molecule has 3 rings (SSSR count). The van der Waals surface area contributed by atoms with Gasteiger partial charge in [0.05, 0.1) is 5.75 Å². The van der Waals surface area contributed by atoms with Gasteiger partial charge in [-0.15, -0.1) is 0 Å². The summed E-state index contributed by atoms with van der Waals surface area (Å²) < 4.78 is 42.2. The highest BCUT2D eigenvalue weighted by atomic mass is 32.2. The fraction of sp³-hybridized carbons (Fsp3) is 0.250. The molecular formula is C20H22FN3O2S. The number of aryl methyl sites for hydroxylation is 1. The zero-order chi connectivity index (χ0) is 19.3. The minimum atomic E-state index is -3.40. The lowest BCUT2D eigenvalue weighted by molar-refractivity contribution is 0.578. The lowest BCUT2D eigenvalue weighted by Crippen LogP contribution is -2.28. The fourth-order valence-corrected chi connectivity index (χ4v) is 4.01. The Balaban J connectivity index is 1.60. The number of nitrogens with one attached hydrogen (secondary N) is 1. The number of halogens is 1. The van der Waals surface area contributed by atoms with E-state index in [1.54, 1.807) is 30.5 Å². The summed E-state index contributed by atoms with van der Waals surface area (Å²) in [5.41, 5.74) is 2.68. The first-order valence-corrected chi connectivity index (χ1v) is 10.3. The van der Waals surface area contributed by atoms with Crippen LogP contribution in [0.5, 0.6) is 0 Å². The van der Waals surface area contributed by atoms with Gasteiger partial charge in [0.2, 0.25) is 10.0 Å². The number of rotatable bonds is 8. The molecule has 1 N–H and O–H groups in total. The molecule has 0 unspecified atom stereocenters. The Labute approximate surface area is 158 Å². The van der Waals surface area contributed by atoms with E-state index in [9.17, 15) is 12.8 Å². The van der Waals surface area contributed by atoms with Crippen LogP contribution in [-0.4, -0.2) is 24.5 Å². The zero-order valence-electron chi connectivity index (χ0n) is 15.1. The van der Waals surface area contributed by atoms with Crippen molar-refractivity contribution in [3.8, 4) is 0 Å². The molecule has 0 aliphatic carbocycles. The molecule has 142 valence electrons. The number of aromatic nitrogens is 2. The van der Waals surface area contributed by atoms with Crippen molar-refractivity contribution in [3.05, 3.63) is 89.3 Å². The fourth-order valence-electron chi connectivity index (χ4n) is 2.86. The summed E-state index contributed by atoms with van der Waals surface area (Å²) in [7, 11) is -3.40. The third-order valence-corrected chi connectivity index (χ3v) is 5.62. The van der Waals surface area contributed by atoms with E-state index in [2.05, 4.69) is 9.71 Å². The quantitative estimate of drug-likeness (QED) is 0.646. The predicted molar refractivity (Wildman–Crippen MR) is 103 cm³/mol. The topological polar surface area (TPSA) is 64.0 Å². The summed E-state index contributed by atoms with van der Waals surface area (Å²) in [6, 6.07) is 15.4. The largest absolute Gasteiger partial charge is 0.328 e. The number of benzene rings is 2. The maximum atomic E-state index is 13.1. The number of imidazole rings is 1. The van der Waals surface area contributed by atoms with Crippen LogP contribution in [0.1, 0.15) is 22.6 Å². The molecule has 2 aromatic carbocycles. The highest BCUT2D eigenvalue weighted by Gasteiger charge is 2.13. The van der Waals surface area contributed by atoms with Crippen LogP contribution in [0.2, 0.25) is 0 Å².